The average Bonchev–Trinajstić information content (AvgIpc) is 3.10. The van der Waals surface area contributed by atoms with Crippen LogP contribution in [0.5, 0.6) is 0 Å². The molecule has 1 aliphatic carbocycles. The van der Waals surface area contributed by atoms with E-state index in [0.29, 0.717) is 13.1 Å². The van der Waals surface area contributed by atoms with Crippen molar-refractivity contribution in [3.8, 4) is 0 Å². The standard InChI is InChI=1S/C18H27N5O3S/c1-17(2)11-22(8-13(10-24)20-17)15-6-14(9-23-12-19-7-16(15)23)27(25,26)21-18(3)4-5-18/h6-7,9,12-13,20-21,24H,4-5,8,10-11H2,1-3H3. The summed E-state index contributed by atoms with van der Waals surface area (Å²) in [5.74, 6) is 0. The molecule has 8 nitrogen and oxygen atoms in total. The highest BCUT2D eigenvalue weighted by molar-refractivity contribution is 7.89. The summed E-state index contributed by atoms with van der Waals surface area (Å²) >= 11 is 0. The quantitative estimate of drug-likeness (QED) is 0.692. The summed E-state index contributed by atoms with van der Waals surface area (Å²) < 4.78 is 30.4. The molecule has 0 aromatic carbocycles. The third-order valence-electron chi connectivity index (χ3n) is 5.35. The number of fused-ring (bicyclic) bond motifs is 1. The highest BCUT2D eigenvalue weighted by atomic mass is 32.2. The van der Waals surface area contributed by atoms with E-state index in [2.05, 4.69) is 33.8 Å². The third kappa shape index (κ3) is 3.69. The molecule has 1 saturated heterocycles. The Kier molecular flexibility index (Phi) is 4.26. The summed E-state index contributed by atoms with van der Waals surface area (Å²) in [7, 11) is -3.62. The van der Waals surface area contributed by atoms with Crippen LogP contribution in [0.25, 0.3) is 5.52 Å². The Morgan fingerprint density at radius 3 is 2.78 bits per heavy atom. The Labute approximate surface area is 159 Å². The van der Waals surface area contributed by atoms with E-state index in [1.807, 2.05) is 6.92 Å². The van der Waals surface area contributed by atoms with Gasteiger partial charge in [-0.25, -0.2) is 18.1 Å². The smallest absolute Gasteiger partial charge is 0.242 e. The van der Waals surface area contributed by atoms with E-state index in [1.54, 1.807) is 29.2 Å². The van der Waals surface area contributed by atoms with E-state index < -0.39 is 10.0 Å². The molecule has 3 heterocycles. The Morgan fingerprint density at radius 2 is 2.11 bits per heavy atom. The molecule has 2 aromatic heterocycles. The lowest BCUT2D eigenvalue weighted by atomic mass is 9.98. The summed E-state index contributed by atoms with van der Waals surface area (Å²) in [5.41, 5.74) is 1.12. The molecule has 1 atom stereocenters. The number of aromatic nitrogens is 2. The van der Waals surface area contributed by atoms with Gasteiger partial charge in [-0.15, -0.1) is 0 Å². The second-order valence-corrected chi connectivity index (χ2v) is 10.4. The molecule has 27 heavy (non-hydrogen) atoms. The van der Waals surface area contributed by atoms with Crippen LogP contribution in [0.15, 0.2) is 29.7 Å². The molecule has 1 saturated carbocycles. The van der Waals surface area contributed by atoms with Crippen molar-refractivity contribution in [1.29, 1.82) is 0 Å². The number of rotatable bonds is 5. The van der Waals surface area contributed by atoms with Crippen molar-refractivity contribution in [3.63, 3.8) is 0 Å². The number of sulfonamides is 1. The molecule has 1 aliphatic heterocycles. The van der Waals surface area contributed by atoms with Crippen LogP contribution in [0.3, 0.4) is 0 Å². The van der Waals surface area contributed by atoms with Gasteiger partial charge in [0, 0.05) is 36.4 Å². The van der Waals surface area contributed by atoms with Gasteiger partial charge >= 0.3 is 0 Å². The topological polar surface area (TPSA) is 99.0 Å². The molecule has 9 heteroatoms. The van der Waals surface area contributed by atoms with E-state index >= 15 is 0 Å². The van der Waals surface area contributed by atoms with Crippen LogP contribution in [0.4, 0.5) is 5.69 Å². The van der Waals surface area contributed by atoms with Gasteiger partial charge in [-0.2, -0.15) is 0 Å². The summed E-state index contributed by atoms with van der Waals surface area (Å²) in [6.45, 7) is 7.38. The molecule has 2 fully saturated rings. The van der Waals surface area contributed by atoms with Crippen molar-refractivity contribution in [3.05, 3.63) is 24.8 Å². The second-order valence-electron chi connectivity index (χ2n) is 8.70. The molecule has 0 bridgehead atoms. The predicted octanol–water partition coefficient (Wildman–Crippen LogP) is 0.714. The van der Waals surface area contributed by atoms with Gasteiger partial charge in [-0.3, -0.25) is 0 Å². The maximum Gasteiger partial charge on any atom is 0.242 e. The maximum atomic E-state index is 12.9. The third-order valence-corrected chi connectivity index (χ3v) is 6.95. The summed E-state index contributed by atoms with van der Waals surface area (Å²) in [6.07, 6.45) is 6.68. The number of hydrogen-bond acceptors (Lipinski definition) is 6. The first kappa shape index (κ1) is 18.7. The zero-order valence-electron chi connectivity index (χ0n) is 15.9. The second kappa shape index (κ2) is 6.16. The van der Waals surface area contributed by atoms with Crippen molar-refractivity contribution in [1.82, 2.24) is 19.4 Å². The molecule has 0 amide bonds. The number of piperazine rings is 1. The lowest BCUT2D eigenvalue weighted by molar-refractivity contribution is 0.191. The first-order valence-electron chi connectivity index (χ1n) is 9.24. The first-order valence-corrected chi connectivity index (χ1v) is 10.7. The van der Waals surface area contributed by atoms with Crippen LogP contribution in [-0.2, 0) is 10.0 Å². The zero-order valence-corrected chi connectivity index (χ0v) is 16.8. The number of aliphatic hydroxyl groups is 1. The van der Waals surface area contributed by atoms with Crippen LogP contribution in [0, 0.1) is 0 Å². The Morgan fingerprint density at radius 1 is 1.37 bits per heavy atom. The lowest BCUT2D eigenvalue weighted by Crippen LogP contribution is -2.63. The maximum absolute atomic E-state index is 12.9. The summed E-state index contributed by atoms with van der Waals surface area (Å²) in [4.78, 5) is 6.56. The van der Waals surface area contributed by atoms with E-state index in [9.17, 15) is 13.5 Å². The van der Waals surface area contributed by atoms with Crippen LogP contribution in [-0.4, -0.2) is 59.7 Å². The molecule has 148 valence electrons. The number of imidazole rings is 1. The molecule has 0 spiro atoms. The number of pyridine rings is 1. The van der Waals surface area contributed by atoms with E-state index in [4.69, 9.17) is 0 Å². The number of nitrogens with one attached hydrogen (secondary N) is 2. The molecular weight excluding hydrogens is 366 g/mol. The monoisotopic (exact) mass is 393 g/mol. The minimum absolute atomic E-state index is 0.0212. The van der Waals surface area contributed by atoms with Gasteiger partial charge in [-0.05, 0) is 39.7 Å². The highest BCUT2D eigenvalue weighted by Crippen LogP contribution is 2.36. The lowest BCUT2D eigenvalue weighted by Gasteiger charge is -2.44. The largest absolute Gasteiger partial charge is 0.395 e. The fourth-order valence-corrected chi connectivity index (χ4v) is 5.29. The fourth-order valence-electron chi connectivity index (χ4n) is 3.80. The van der Waals surface area contributed by atoms with Gasteiger partial charge in [0.1, 0.15) is 4.90 Å². The SMILES string of the molecule is CC1(C)CN(c2cc(S(=O)(=O)NC3(C)CC3)cn3cncc23)CC(CO)N1. The van der Waals surface area contributed by atoms with Crippen LogP contribution in [0.2, 0.25) is 0 Å². The van der Waals surface area contributed by atoms with Crippen LogP contribution in [0.1, 0.15) is 33.6 Å². The molecule has 2 aromatic rings. The van der Waals surface area contributed by atoms with Gasteiger partial charge in [0.25, 0.3) is 0 Å². The fraction of sp³-hybridized carbons (Fsp3) is 0.611. The summed E-state index contributed by atoms with van der Waals surface area (Å²) in [5, 5.41) is 13.1. The minimum atomic E-state index is -3.62. The molecule has 1 unspecified atom stereocenters. The van der Waals surface area contributed by atoms with Crippen LogP contribution >= 0.6 is 0 Å². The Balaban J connectivity index is 1.77. The summed E-state index contributed by atoms with van der Waals surface area (Å²) in [6, 6.07) is 1.64. The van der Waals surface area contributed by atoms with Gasteiger partial charge in [-0.1, -0.05) is 0 Å². The van der Waals surface area contributed by atoms with Crippen LogP contribution < -0.4 is 14.9 Å². The van der Waals surface area contributed by atoms with E-state index in [0.717, 1.165) is 24.0 Å². The van der Waals surface area contributed by atoms with Crippen molar-refractivity contribution >= 4 is 21.2 Å². The number of aliphatic hydroxyl groups excluding tert-OH is 1. The number of hydrogen-bond donors (Lipinski definition) is 3. The van der Waals surface area contributed by atoms with E-state index in [1.165, 1.54) is 0 Å². The predicted molar refractivity (Wildman–Crippen MR) is 103 cm³/mol. The molecular formula is C18H27N5O3S. The number of anilines is 1. The number of nitrogens with zero attached hydrogens (tertiary/aromatic N) is 3. The molecule has 3 N–H and O–H groups in total. The Bertz CT molecular complexity index is 965. The normalized spacial score (nSPS) is 24.3. The van der Waals surface area contributed by atoms with Gasteiger partial charge in [0.15, 0.2) is 0 Å². The minimum Gasteiger partial charge on any atom is -0.395 e. The van der Waals surface area contributed by atoms with Gasteiger partial charge < -0.3 is 19.7 Å². The van der Waals surface area contributed by atoms with Crippen molar-refractivity contribution in [2.75, 3.05) is 24.6 Å². The Hall–Kier alpha value is -1.68. The first-order chi connectivity index (χ1) is 12.6. The molecule has 0 radical (unpaired) electrons. The highest BCUT2D eigenvalue weighted by Gasteiger charge is 2.41. The average molecular weight is 394 g/mol. The molecule has 4 rings (SSSR count). The van der Waals surface area contributed by atoms with Crippen molar-refractivity contribution in [2.45, 2.75) is 55.6 Å². The zero-order chi connectivity index (χ0) is 19.4. The van der Waals surface area contributed by atoms with Crippen molar-refractivity contribution < 1.29 is 13.5 Å². The van der Waals surface area contributed by atoms with Gasteiger partial charge in [0.05, 0.1) is 30.3 Å². The van der Waals surface area contributed by atoms with Gasteiger partial charge in [0.2, 0.25) is 10.0 Å². The molecule has 2 aliphatic rings. The van der Waals surface area contributed by atoms with E-state index in [-0.39, 0.29) is 28.6 Å². The van der Waals surface area contributed by atoms with Crippen molar-refractivity contribution in [2.24, 2.45) is 0 Å².